The second-order valence-electron chi connectivity index (χ2n) is 5.42. The Bertz CT molecular complexity index is 1020. The third kappa shape index (κ3) is 3.07. The molecule has 24 heavy (non-hydrogen) atoms. The summed E-state index contributed by atoms with van der Waals surface area (Å²) in [4.78, 5) is 23.8. The number of aromatic nitrogens is 3. The minimum atomic E-state index is -0.364. The molecule has 0 radical (unpaired) electrons. The van der Waals surface area contributed by atoms with Gasteiger partial charge in [0.2, 0.25) is 0 Å². The molecule has 1 aromatic carbocycles. The van der Waals surface area contributed by atoms with Crippen molar-refractivity contribution in [2.45, 2.75) is 19.9 Å². The van der Waals surface area contributed by atoms with Gasteiger partial charge >= 0.3 is 0 Å². The Balaban J connectivity index is 1.95. The van der Waals surface area contributed by atoms with Gasteiger partial charge in [-0.1, -0.05) is 11.6 Å². The van der Waals surface area contributed by atoms with Gasteiger partial charge in [0, 0.05) is 5.02 Å². The second-order valence-corrected chi connectivity index (χ2v) is 5.86. The molecule has 120 valence electrons. The highest BCUT2D eigenvalue weighted by atomic mass is 35.5. The Morgan fingerprint density at radius 1 is 1.29 bits per heavy atom. The van der Waals surface area contributed by atoms with Crippen molar-refractivity contribution in [3.8, 4) is 6.07 Å². The summed E-state index contributed by atoms with van der Waals surface area (Å²) >= 11 is 5.98. The predicted molar refractivity (Wildman–Crippen MR) is 93.1 cm³/mol. The fraction of sp³-hybridized carbons (Fsp3) is 0.176. The summed E-state index contributed by atoms with van der Waals surface area (Å²) < 4.78 is 0. The maximum Gasteiger partial charge on any atom is 0.272 e. The molecule has 0 fully saturated rings. The molecule has 0 unspecified atom stereocenters. The first-order valence-electron chi connectivity index (χ1n) is 7.31. The number of pyridine rings is 1. The Morgan fingerprint density at radius 2 is 2.08 bits per heavy atom. The number of nitriles is 1. The third-order valence-corrected chi connectivity index (χ3v) is 3.90. The molecule has 0 aliphatic heterocycles. The van der Waals surface area contributed by atoms with E-state index < -0.39 is 0 Å². The van der Waals surface area contributed by atoms with E-state index in [9.17, 15) is 4.79 Å². The lowest BCUT2D eigenvalue weighted by Crippen LogP contribution is -2.22. The van der Waals surface area contributed by atoms with Crippen LogP contribution < -0.4 is 10.9 Å². The normalized spacial score (nSPS) is 11.9. The number of hydrogen-bond donors (Lipinski definition) is 2. The van der Waals surface area contributed by atoms with Crippen molar-refractivity contribution in [3.05, 3.63) is 62.7 Å². The van der Waals surface area contributed by atoms with Gasteiger partial charge in [-0.2, -0.15) is 5.26 Å². The molecule has 0 saturated heterocycles. The average molecular weight is 340 g/mol. The lowest BCUT2D eigenvalue weighted by Gasteiger charge is -2.14. The van der Waals surface area contributed by atoms with Crippen LogP contribution in [0.5, 0.6) is 0 Å². The fourth-order valence-electron chi connectivity index (χ4n) is 2.41. The largest absolute Gasteiger partial charge is 0.362 e. The van der Waals surface area contributed by atoms with Crippen LogP contribution in [0, 0.1) is 18.3 Å². The lowest BCUT2D eigenvalue weighted by atomic mass is 10.2. The lowest BCUT2D eigenvalue weighted by molar-refractivity contribution is 0.815. The van der Waals surface area contributed by atoms with Crippen LogP contribution in [0.1, 0.15) is 29.9 Å². The highest BCUT2D eigenvalue weighted by Crippen LogP contribution is 2.19. The molecule has 2 aromatic heterocycles. The summed E-state index contributed by atoms with van der Waals surface area (Å²) in [5.41, 5.74) is 2.47. The van der Waals surface area contributed by atoms with Gasteiger partial charge in [0.1, 0.15) is 17.6 Å². The van der Waals surface area contributed by atoms with E-state index in [2.05, 4.69) is 26.3 Å². The van der Waals surface area contributed by atoms with Gasteiger partial charge in [-0.05, 0) is 44.2 Å². The van der Waals surface area contributed by atoms with Crippen LogP contribution in [0.4, 0.5) is 5.82 Å². The number of fused-ring (bicyclic) bond motifs is 1. The number of hydrogen-bond acceptors (Lipinski definition) is 5. The number of nitrogens with one attached hydrogen (secondary N) is 2. The van der Waals surface area contributed by atoms with Crippen LogP contribution in [0.2, 0.25) is 5.02 Å². The molecule has 0 bridgehead atoms. The molecule has 2 heterocycles. The minimum Gasteiger partial charge on any atom is -0.362 e. The van der Waals surface area contributed by atoms with Crippen LogP contribution in [0.25, 0.3) is 11.0 Å². The summed E-state index contributed by atoms with van der Waals surface area (Å²) in [6.07, 6.45) is 0. The van der Waals surface area contributed by atoms with E-state index in [1.54, 1.807) is 37.3 Å². The van der Waals surface area contributed by atoms with Gasteiger partial charge in [0.15, 0.2) is 0 Å². The standard InChI is InChI=1S/C17H14ClN5O/c1-9-11(8-19)3-6-15(20-9)21-10(2)16-17(24)23-13-5-4-12(18)7-14(13)22-16/h3-7,10H,1-2H3,(H,20,21)(H,23,24)/t10-/m0/s1. The van der Waals surface area contributed by atoms with Gasteiger partial charge in [-0.15, -0.1) is 0 Å². The first kappa shape index (κ1) is 16.0. The van der Waals surface area contributed by atoms with E-state index in [1.165, 1.54) is 0 Å². The molecule has 0 aliphatic carbocycles. The summed E-state index contributed by atoms with van der Waals surface area (Å²) in [6.45, 7) is 3.58. The Kier molecular flexibility index (Phi) is 4.19. The number of benzene rings is 1. The summed E-state index contributed by atoms with van der Waals surface area (Å²) in [6, 6.07) is 10.2. The van der Waals surface area contributed by atoms with Gasteiger partial charge in [-0.25, -0.2) is 9.97 Å². The topological polar surface area (TPSA) is 94.5 Å². The average Bonchev–Trinajstić information content (AvgIpc) is 2.54. The van der Waals surface area contributed by atoms with E-state index in [0.717, 1.165) is 0 Å². The zero-order chi connectivity index (χ0) is 17.3. The molecule has 3 rings (SSSR count). The molecule has 2 N–H and O–H groups in total. The Labute approximate surface area is 143 Å². The van der Waals surface area contributed by atoms with Crippen molar-refractivity contribution in [2.24, 2.45) is 0 Å². The molecule has 6 nitrogen and oxygen atoms in total. The predicted octanol–water partition coefficient (Wildman–Crippen LogP) is 3.32. The molecular weight excluding hydrogens is 326 g/mol. The number of rotatable bonds is 3. The maximum atomic E-state index is 12.3. The van der Waals surface area contributed by atoms with Gasteiger partial charge in [0.25, 0.3) is 5.56 Å². The fourth-order valence-corrected chi connectivity index (χ4v) is 2.58. The van der Waals surface area contributed by atoms with Crippen LogP contribution in [0.3, 0.4) is 0 Å². The minimum absolute atomic E-state index is 0.268. The van der Waals surface area contributed by atoms with Crippen LogP contribution >= 0.6 is 11.6 Å². The van der Waals surface area contributed by atoms with Crippen molar-refractivity contribution in [1.29, 1.82) is 5.26 Å². The summed E-state index contributed by atoms with van der Waals surface area (Å²) in [7, 11) is 0. The number of halogens is 1. The smallest absolute Gasteiger partial charge is 0.272 e. The zero-order valence-corrected chi connectivity index (χ0v) is 13.8. The highest BCUT2D eigenvalue weighted by Gasteiger charge is 2.14. The van der Waals surface area contributed by atoms with Crippen LogP contribution in [-0.4, -0.2) is 15.0 Å². The molecule has 0 amide bonds. The zero-order valence-electron chi connectivity index (χ0n) is 13.1. The van der Waals surface area contributed by atoms with E-state index >= 15 is 0 Å². The Morgan fingerprint density at radius 3 is 2.79 bits per heavy atom. The van der Waals surface area contributed by atoms with Gasteiger partial charge in [-0.3, -0.25) is 4.79 Å². The number of aryl methyl sites for hydroxylation is 1. The quantitative estimate of drug-likeness (QED) is 0.763. The molecule has 0 saturated carbocycles. The molecule has 1 atom stereocenters. The molecule has 0 spiro atoms. The summed E-state index contributed by atoms with van der Waals surface area (Å²) in [5.74, 6) is 0.575. The first-order valence-corrected chi connectivity index (χ1v) is 7.69. The molecule has 0 aliphatic rings. The maximum absolute atomic E-state index is 12.3. The Hall–Kier alpha value is -2.91. The van der Waals surface area contributed by atoms with Crippen molar-refractivity contribution in [2.75, 3.05) is 5.32 Å². The summed E-state index contributed by atoms with van der Waals surface area (Å²) in [5, 5.41) is 12.6. The number of H-pyrrole nitrogens is 1. The monoisotopic (exact) mass is 339 g/mol. The number of nitrogens with zero attached hydrogens (tertiary/aromatic N) is 3. The van der Waals surface area contributed by atoms with Crippen molar-refractivity contribution >= 4 is 28.5 Å². The van der Waals surface area contributed by atoms with E-state index in [4.69, 9.17) is 16.9 Å². The third-order valence-electron chi connectivity index (χ3n) is 3.66. The van der Waals surface area contributed by atoms with Crippen molar-refractivity contribution < 1.29 is 0 Å². The number of anilines is 1. The van der Waals surface area contributed by atoms with Gasteiger partial charge in [0.05, 0.1) is 28.3 Å². The van der Waals surface area contributed by atoms with E-state index in [-0.39, 0.29) is 11.6 Å². The molecule has 3 aromatic rings. The van der Waals surface area contributed by atoms with Crippen molar-refractivity contribution in [3.63, 3.8) is 0 Å². The number of aromatic amines is 1. The first-order chi connectivity index (χ1) is 11.5. The SMILES string of the molecule is Cc1nc(N[C@@H](C)c2nc3cc(Cl)ccc3[nH]c2=O)ccc1C#N. The van der Waals surface area contributed by atoms with Crippen molar-refractivity contribution in [1.82, 2.24) is 15.0 Å². The van der Waals surface area contributed by atoms with Crippen LogP contribution in [0.15, 0.2) is 35.1 Å². The molecular formula is C17H14ClN5O. The second kappa shape index (κ2) is 6.30. The van der Waals surface area contributed by atoms with E-state index in [0.29, 0.717) is 38.8 Å². The van der Waals surface area contributed by atoms with Crippen LogP contribution in [-0.2, 0) is 0 Å². The highest BCUT2D eigenvalue weighted by molar-refractivity contribution is 6.31. The van der Waals surface area contributed by atoms with E-state index in [1.807, 2.05) is 6.92 Å². The van der Waals surface area contributed by atoms with Gasteiger partial charge < -0.3 is 10.3 Å². The molecule has 7 heteroatoms.